The van der Waals surface area contributed by atoms with Gasteiger partial charge in [-0.05, 0) is 12.1 Å². The average Bonchev–Trinajstić information content (AvgIpc) is 3.23. The van der Waals surface area contributed by atoms with Gasteiger partial charge in [-0.1, -0.05) is 12.1 Å². The summed E-state index contributed by atoms with van der Waals surface area (Å²) in [5, 5.41) is 4.01. The number of sulfonamides is 1. The molecule has 0 bridgehead atoms. The van der Waals surface area contributed by atoms with Gasteiger partial charge >= 0.3 is 6.18 Å². The van der Waals surface area contributed by atoms with Gasteiger partial charge in [0.2, 0.25) is 0 Å². The number of nitrogens with one attached hydrogen (secondary N) is 1. The first-order chi connectivity index (χ1) is 12.6. The SMILES string of the molecule is Cn1cc(S(=O)(=O)NC(=O)c2cnc(-c3ccc(C(F)(F)F)cc3)s2)cn1. The number of aromatic nitrogens is 3. The minimum absolute atomic E-state index is 0.00244. The molecule has 1 aromatic carbocycles. The molecule has 2 heterocycles. The summed E-state index contributed by atoms with van der Waals surface area (Å²) < 4.78 is 65.2. The van der Waals surface area contributed by atoms with Gasteiger partial charge in [0, 0.05) is 18.8 Å². The largest absolute Gasteiger partial charge is 0.416 e. The van der Waals surface area contributed by atoms with Crippen molar-refractivity contribution in [3.8, 4) is 10.6 Å². The minimum Gasteiger partial charge on any atom is -0.274 e. The molecule has 2 aromatic heterocycles. The standard InChI is InChI=1S/C15H11F3N4O3S2/c1-22-8-11(6-20-22)27(24,25)21-13(23)12-7-19-14(26-12)9-2-4-10(5-3-9)15(16,17)18/h2-8H,1H3,(H,21,23). The highest BCUT2D eigenvalue weighted by atomic mass is 32.2. The van der Waals surface area contributed by atoms with Crippen LogP contribution in [0.25, 0.3) is 10.6 Å². The summed E-state index contributed by atoms with van der Waals surface area (Å²) in [6, 6.07) is 4.28. The van der Waals surface area contributed by atoms with Gasteiger partial charge in [-0.15, -0.1) is 11.3 Å². The van der Waals surface area contributed by atoms with Crippen LogP contribution < -0.4 is 4.72 Å². The number of thiazole rings is 1. The highest BCUT2D eigenvalue weighted by Gasteiger charge is 2.30. The number of benzene rings is 1. The van der Waals surface area contributed by atoms with Gasteiger partial charge in [0.05, 0.1) is 18.0 Å². The van der Waals surface area contributed by atoms with Crippen LogP contribution in [0.2, 0.25) is 0 Å². The van der Waals surface area contributed by atoms with Crippen molar-refractivity contribution >= 4 is 27.3 Å². The smallest absolute Gasteiger partial charge is 0.274 e. The Labute approximate surface area is 155 Å². The Balaban J connectivity index is 1.78. The topological polar surface area (TPSA) is 94.0 Å². The molecule has 0 saturated heterocycles. The van der Waals surface area contributed by atoms with Crippen LogP contribution in [-0.2, 0) is 23.2 Å². The molecule has 12 heteroatoms. The Bertz CT molecular complexity index is 1090. The fourth-order valence-corrected chi connectivity index (χ4v) is 3.91. The van der Waals surface area contributed by atoms with Crippen LogP contribution >= 0.6 is 11.3 Å². The molecule has 1 amide bonds. The van der Waals surface area contributed by atoms with E-state index in [4.69, 9.17) is 0 Å². The maximum absolute atomic E-state index is 12.6. The number of carbonyl (C=O) groups excluding carboxylic acids is 1. The van der Waals surface area contributed by atoms with Crippen LogP contribution in [-0.4, -0.2) is 29.1 Å². The molecular weight excluding hydrogens is 405 g/mol. The van der Waals surface area contributed by atoms with Gasteiger partial charge in [-0.25, -0.2) is 18.1 Å². The summed E-state index contributed by atoms with van der Waals surface area (Å²) >= 11 is 0.859. The number of aryl methyl sites for hydroxylation is 1. The van der Waals surface area contributed by atoms with E-state index in [0.717, 1.165) is 35.9 Å². The Kier molecular flexibility index (Phi) is 4.78. The number of nitrogens with zero attached hydrogens (tertiary/aromatic N) is 3. The van der Waals surface area contributed by atoms with Crippen molar-refractivity contribution in [3.05, 3.63) is 53.3 Å². The zero-order valence-electron chi connectivity index (χ0n) is 13.6. The summed E-state index contributed by atoms with van der Waals surface area (Å²) in [6.07, 6.45) is -0.968. The third kappa shape index (κ3) is 4.17. The average molecular weight is 416 g/mol. The maximum Gasteiger partial charge on any atom is 0.416 e. The first-order valence-electron chi connectivity index (χ1n) is 7.25. The van der Waals surface area contributed by atoms with Gasteiger partial charge in [0.25, 0.3) is 15.9 Å². The van der Waals surface area contributed by atoms with E-state index in [1.54, 1.807) is 0 Å². The van der Waals surface area contributed by atoms with E-state index < -0.39 is 27.7 Å². The zero-order chi connectivity index (χ0) is 19.8. The van der Waals surface area contributed by atoms with E-state index >= 15 is 0 Å². The number of hydrogen-bond donors (Lipinski definition) is 1. The lowest BCUT2D eigenvalue weighted by molar-refractivity contribution is -0.137. The summed E-state index contributed by atoms with van der Waals surface area (Å²) in [5.74, 6) is -0.894. The van der Waals surface area contributed by atoms with Gasteiger partial charge < -0.3 is 0 Å². The van der Waals surface area contributed by atoms with E-state index in [9.17, 15) is 26.4 Å². The predicted molar refractivity (Wildman–Crippen MR) is 90.4 cm³/mol. The normalized spacial score (nSPS) is 12.1. The molecule has 3 rings (SSSR count). The summed E-state index contributed by atoms with van der Waals surface area (Å²) in [4.78, 5) is 16.0. The van der Waals surface area contributed by atoms with E-state index in [2.05, 4.69) is 10.1 Å². The lowest BCUT2D eigenvalue weighted by Crippen LogP contribution is -2.29. The molecule has 0 unspecified atom stereocenters. The van der Waals surface area contributed by atoms with Crippen molar-refractivity contribution in [2.24, 2.45) is 7.05 Å². The molecule has 3 aromatic rings. The zero-order valence-corrected chi connectivity index (χ0v) is 15.2. The van der Waals surface area contributed by atoms with Gasteiger partial charge in [-0.3, -0.25) is 9.48 Å². The molecule has 0 aliphatic carbocycles. The number of halogens is 3. The van der Waals surface area contributed by atoms with Crippen molar-refractivity contribution in [1.82, 2.24) is 19.5 Å². The Morgan fingerprint density at radius 2 is 1.85 bits per heavy atom. The second kappa shape index (κ2) is 6.78. The van der Waals surface area contributed by atoms with Crippen LogP contribution in [0, 0.1) is 0 Å². The molecule has 27 heavy (non-hydrogen) atoms. The monoisotopic (exact) mass is 416 g/mol. The van der Waals surface area contributed by atoms with Crippen LogP contribution in [0.15, 0.2) is 47.8 Å². The molecule has 0 fully saturated rings. The molecular formula is C15H11F3N4O3S2. The predicted octanol–water partition coefficient (Wildman–Crippen LogP) is 2.68. The van der Waals surface area contributed by atoms with Crippen LogP contribution in [0.1, 0.15) is 15.2 Å². The number of alkyl halides is 3. The van der Waals surface area contributed by atoms with Crippen LogP contribution in [0.5, 0.6) is 0 Å². The van der Waals surface area contributed by atoms with E-state index in [0.29, 0.717) is 5.56 Å². The molecule has 0 atom stereocenters. The highest BCUT2D eigenvalue weighted by molar-refractivity contribution is 7.90. The molecule has 0 spiro atoms. The van der Waals surface area contributed by atoms with E-state index in [1.807, 2.05) is 4.72 Å². The van der Waals surface area contributed by atoms with E-state index in [-0.39, 0.29) is 14.8 Å². The quantitative estimate of drug-likeness (QED) is 0.706. The number of carbonyl (C=O) groups is 1. The maximum atomic E-state index is 12.6. The molecule has 0 aliphatic rings. The number of rotatable bonds is 4. The Morgan fingerprint density at radius 3 is 2.41 bits per heavy atom. The summed E-state index contributed by atoms with van der Waals surface area (Å²) in [6.45, 7) is 0. The van der Waals surface area contributed by atoms with E-state index in [1.165, 1.54) is 30.1 Å². The number of hydrogen-bond acceptors (Lipinski definition) is 6. The lowest BCUT2D eigenvalue weighted by Gasteiger charge is -2.06. The molecule has 0 radical (unpaired) electrons. The van der Waals surface area contributed by atoms with Crippen molar-refractivity contribution in [3.63, 3.8) is 0 Å². The Morgan fingerprint density at radius 1 is 1.19 bits per heavy atom. The second-order valence-electron chi connectivity index (χ2n) is 5.39. The summed E-state index contributed by atoms with van der Waals surface area (Å²) in [7, 11) is -2.57. The van der Waals surface area contributed by atoms with Crippen molar-refractivity contribution < 1.29 is 26.4 Å². The molecule has 142 valence electrons. The third-order valence-electron chi connectivity index (χ3n) is 3.41. The van der Waals surface area contributed by atoms with Crippen molar-refractivity contribution in [2.75, 3.05) is 0 Å². The Hall–Kier alpha value is -2.73. The first-order valence-corrected chi connectivity index (χ1v) is 9.55. The third-order valence-corrected chi connectivity index (χ3v) is 5.74. The van der Waals surface area contributed by atoms with Crippen molar-refractivity contribution in [2.45, 2.75) is 11.1 Å². The number of amides is 1. The van der Waals surface area contributed by atoms with Gasteiger partial charge in [-0.2, -0.15) is 18.3 Å². The molecule has 1 N–H and O–H groups in total. The fraction of sp³-hybridized carbons (Fsp3) is 0.133. The first kappa shape index (κ1) is 19.0. The second-order valence-corrected chi connectivity index (χ2v) is 8.10. The van der Waals surface area contributed by atoms with Crippen LogP contribution in [0.3, 0.4) is 0 Å². The summed E-state index contributed by atoms with van der Waals surface area (Å²) in [5.41, 5.74) is -0.425. The van der Waals surface area contributed by atoms with Crippen LogP contribution in [0.4, 0.5) is 13.2 Å². The van der Waals surface area contributed by atoms with Gasteiger partial charge in [0.1, 0.15) is 14.8 Å². The molecule has 0 saturated carbocycles. The molecule has 0 aliphatic heterocycles. The molecule has 7 nitrogen and oxygen atoms in total. The van der Waals surface area contributed by atoms with Crippen molar-refractivity contribution in [1.29, 1.82) is 0 Å². The minimum atomic E-state index is -4.45. The fourth-order valence-electron chi connectivity index (χ4n) is 2.08. The highest BCUT2D eigenvalue weighted by Crippen LogP contribution is 2.32. The lowest BCUT2D eigenvalue weighted by atomic mass is 10.1. The van der Waals surface area contributed by atoms with Gasteiger partial charge in [0.15, 0.2) is 0 Å².